The van der Waals surface area contributed by atoms with Gasteiger partial charge in [-0.05, 0) is 43.8 Å². The summed E-state index contributed by atoms with van der Waals surface area (Å²) in [5, 5.41) is 5.20. The standard InChI is InChI=1S/C26H18.C5H2F6O2/c1-3-9-19(10-4-1)23-17-18-24-22-14-8-7-11-20(22)15-16-25(24)26(23)21-12-5-2-6-13-21;6-1-4(7,8)2(12)3(13)5(9,10)11/h1-18H;1H2. The van der Waals surface area contributed by atoms with Crippen LogP contribution in [0.5, 0.6) is 0 Å². The fraction of sp³-hybridized carbons (Fsp3) is 0.0968. The number of carbonyl (C=O) groups excluding carboxylic acids is 2. The summed E-state index contributed by atoms with van der Waals surface area (Å²) in [5.41, 5.74) is 5.09. The predicted molar refractivity (Wildman–Crippen MR) is 139 cm³/mol. The maximum Gasteiger partial charge on any atom is 0.458 e. The van der Waals surface area contributed by atoms with E-state index in [1.165, 1.54) is 43.8 Å². The van der Waals surface area contributed by atoms with Crippen molar-refractivity contribution in [2.75, 3.05) is 6.67 Å². The summed E-state index contributed by atoms with van der Waals surface area (Å²) >= 11 is 0. The Labute approximate surface area is 219 Å². The topological polar surface area (TPSA) is 34.1 Å². The third-order valence-corrected chi connectivity index (χ3v) is 6.04. The van der Waals surface area contributed by atoms with Gasteiger partial charge in [-0.25, -0.2) is 4.39 Å². The van der Waals surface area contributed by atoms with E-state index in [0.29, 0.717) is 0 Å². The lowest BCUT2D eigenvalue weighted by Gasteiger charge is -2.15. The molecule has 2 nitrogen and oxygen atoms in total. The molecular formula is C31H20F6O2. The van der Waals surface area contributed by atoms with Crippen molar-refractivity contribution in [2.45, 2.75) is 12.1 Å². The van der Waals surface area contributed by atoms with Crippen molar-refractivity contribution < 1.29 is 35.9 Å². The van der Waals surface area contributed by atoms with Gasteiger partial charge >= 0.3 is 17.9 Å². The predicted octanol–water partition coefficient (Wildman–Crippen LogP) is 8.62. The molecule has 0 unspecified atom stereocenters. The first-order chi connectivity index (χ1) is 18.5. The normalized spacial score (nSPS) is 11.6. The van der Waals surface area contributed by atoms with Crippen LogP contribution < -0.4 is 0 Å². The SMILES string of the molecule is O=C(C(=O)C(F)(F)CF)C(F)(F)F.c1ccc(-c2ccc3c(ccc4ccccc43)c2-c2ccccc2)cc1. The molecule has 0 amide bonds. The van der Waals surface area contributed by atoms with Crippen LogP contribution >= 0.6 is 0 Å². The van der Waals surface area contributed by atoms with E-state index in [4.69, 9.17) is 0 Å². The Morgan fingerprint density at radius 1 is 0.538 bits per heavy atom. The van der Waals surface area contributed by atoms with Crippen LogP contribution in [0.3, 0.4) is 0 Å². The molecule has 5 rings (SSSR count). The molecule has 5 aromatic rings. The molecule has 0 aliphatic rings. The number of halogens is 6. The highest BCUT2D eigenvalue weighted by Crippen LogP contribution is 2.40. The summed E-state index contributed by atoms with van der Waals surface area (Å²) in [6, 6.07) is 39.0. The fourth-order valence-electron chi connectivity index (χ4n) is 4.22. The minimum Gasteiger partial charge on any atom is -0.284 e. The quantitative estimate of drug-likeness (QED) is 0.128. The van der Waals surface area contributed by atoms with Crippen molar-refractivity contribution in [3.05, 3.63) is 109 Å². The lowest BCUT2D eigenvalue weighted by Crippen LogP contribution is -2.43. The summed E-state index contributed by atoms with van der Waals surface area (Å²) < 4.78 is 69.1. The van der Waals surface area contributed by atoms with Gasteiger partial charge in [-0.3, -0.25) is 9.59 Å². The van der Waals surface area contributed by atoms with Crippen LogP contribution in [0.2, 0.25) is 0 Å². The molecular weight excluding hydrogens is 518 g/mol. The van der Waals surface area contributed by atoms with E-state index in [1.54, 1.807) is 0 Å². The smallest absolute Gasteiger partial charge is 0.284 e. The van der Waals surface area contributed by atoms with Crippen LogP contribution in [-0.4, -0.2) is 30.3 Å². The van der Waals surface area contributed by atoms with E-state index in [-0.39, 0.29) is 0 Å². The maximum atomic E-state index is 11.9. The Balaban J connectivity index is 0.000000233. The van der Waals surface area contributed by atoms with Gasteiger partial charge in [0.15, 0.2) is 6.67 Å². The van der Waals surface area contributed by atoms with Crippen molar-refractivity contribution in [1.82, 2.24) is 0 Å². The second kappa shape index (κ2) is 11.1. The Bertz CT molecular complexity index is 1630. The number of Topliss-reactive ketones (excluding diaryl/α,β-unsaturated/α-hetero) is 2. The van der Waals surface area contributed by atoms with Crippen molar-refractivity contribution in [3.63, 3.8) is 0 Å². The van der Waals surface area contributed by atoms with Gasteiger partial charge in [-0.15, -0.1) is 0 Å². The maximum absolute atomic E-state index is 11.9. The Kier molecular flexibility index (Phi) is 7.85. The lowest BCUT2D eigenvalue weighted by atomic mass is 9.88. The van der Waals surface area contributed by atoms with Gasteiger partial charge in [0.05, 0.1) is 0 Å². The van der Waals surface area contributed by atoms with Crippen molar-refractivity contribution in [3.8, 4) is 22.3 Å². The molecule has 0 aliphatic heterocycles. The van der Waals surface area contributed by atoms with E-state index in [1.807, 2.05) is 0 Å². The van der Waals surface area contributed by atoms with Gasteiger partial charge in [-0.2, -0.15) is 22.0 Å². The average molecular weight is 538 g/mol. The zero-order valence-electron chi connectivity index (χ0n) is 20.2. The number of hydrogen-bond acceptors (Lipinski definition) is 2. The average Bonchev–Trinajstić information content (AvgIpc) is 2.96. The number of carbonyl (C=O) groups is 2. The molecule has 0 N–H and O–H groups in total. The second-order valence-corrected chi connectivity index (χ2v) is 8.60. The fourth-order valence-corrected chi connectivity index (χ4v) is 4.22. The van der Waals surface area contributed by atoms with Crippen molar-refractivity contribution >= 4 is 33.1 Å². The lowest BCUT2D eigenvalue weighted by molar-refractivity contribution is -0.182. The Morgan fingerprint density at radius 2 is 1.08 bits per heavy atom. The highest BCUT2D eigenvalue weighted by atomic mass is 19.4. The largest absolute Gasteiger partial charge is 0.458 e. The first-order valence-electron chi connectivity index (χ1n) is 11.7. The van der Waals surface area contributed by atoms with Crippen LogP contribution in [0, 0.1) is 0 Å². The molecule has 0 heterocycles. The first kappa shape index (κ1) is 27.6. The van der Waals surface area contributed by atoms with Crippen LogP contribution in [0.1, 0.15) is 0 Å². The summed E-state index contributed by atoms with van der Waals surface area (Å²) in [6.45, 7) is -2.63. The highest BCUT2D eigenvalue weighted by molar-refractivity contribution is 6.41. The molecule has 0 atom stereocenters. The molecule has 8 heteroatoms. The van der Waals surface area contributed by atoms with Crippen molar-refractivity contribution in [2.24, 2.45) is 0 Å². The van der Waals surface area contributed by atoms with Crippen molar-refractivity contribution in [1.29, 1.82) is 0 Å². The van der Waals surface area contributed by atoms with E-state index in [0.717, 1.165) is 0 Å². The van der Waals surface area contributed by atoms with Gasteiger partial charge < -0.3 is 0 Å². The molecule has 0 aromatic heterocycles. The minimum absolute atomic E-state index is 1.25. The summed E-state index contributed by atoms with van der Waals surface area (Å²) in [6.07, 6.45) is -5.70. The van der Waals surface area contributed by atoms with Crippen LogP contribution in [-0.2, 0) is 9.59 Å². The summed E-state index contributed by atoms with van der Waals surface area (Å²) in [5.74, 6) is -11.2. The van der Waals surface area contributed by atoms with Crippen LogP contribution in [0.4, 0.5) is 26.3 Å². The molecule has 0 saturated heterocycles. The number of hydrogen-bond donors (Lipinski definition) is 0. The van der Waals surface area contributed by atoms with E-state index in [9.17, 15) is 35.9 Å². The summed E-state index contributed by atoms with van der Waals surface area (Å²) in [7, 11) is 0. The van der Waals surface area contributed by atoms with Gasteiger partial charge in [0, 0.05) is 0 Å². The molecule has 0 spiro atoms. The molecule has 5 aromatic carbocycles. The second-order valence-electron chi connectivity index (χ2n) is 8.60. The van der Waals surface area contributed by atoms with E-state index >= 15 is 0 Å². The van der Waals surface area contributed by atoms with Crippen LogP contribution in [0.15, 0.2) is 109 Å². The Morgan fingerprint density at radius 3 is 1.67 bits per heavy atom. The van der Waals surface area contributed by atoms with Gasteiger partial charge in [-0.1, -0.05) is 109 Å². The number of alkyl halides is 6. The third-order valence-electron chi connectivity index (χ3n) is 6.04. The molecule has 39 heavy (non-hydrogen) atoms. The summed E-state index contributed by atoms with van der Waals surface area (Å²) in [4.78, 5) is 19.8. The van der Waals surface area contributed by atoms with Gasteiger partial charge in [0.25, 0.3) is 5.78 Å². The zero-order chi connectivity index (χ0) is 28.2. The minimum atomic E-state index is -5.70. The Hall–Kier alpha value is -4.46. The van der Waals surface area contributed by atoms with Gasteiger partial charge in [0.1, 0.15) is 0 Å². The molecule has 198 valence electrons. The van der Waals surface area contributed by atoms with E-state index < -0.39 is 30.3 Å². The monoisotopic (exact) mass is 538 g/mol. The highest BCUT2D eigenvalue weighted by Gasteiger charge is 2.53. The zero-order valence-corrected chi connectivity index (χ0v) is 20.2. The van der Waals surface area contributed by atoms with Crippen LogP contribution in [0.25, 0.3) is 43.8 Å². The molecule has 0 saturated carbocycles. The number of benzene rings is 5. The number of rotatable bonds is 5. The molecule has 0 radical (unpaired) electrons. The molecule has 0 bridgehead atoms. The number of fused-ring (bicyclic) bond motifs is 3. The third kappa shape index (κ3) is 5.85. The van der Waals surface area contributed by atoms with Gasteiger partial charge in [0.2, 0.25) is 0 Å². The molecule has 0 aliphatic carbocycles. The number of ketones is 2. The first-order valence-corrected chi connectivity index (χ1v) is 11.7. The molecule has 0 fully saturated rings. The van der Waals surface area contributed by atoms with E-state index in [2.05, 4.69) is 109 Å².